The van der Waals surface area contributed by atoms with Crippen molar-refractivity contribution in [3.63, 3.8) is 0 Å². The van der Waals surface area contributed by atoms with E-state index in [4.69, 9.17) is 10.8 Å². The number of aliphatic carboxylic acids is 1. The molecule has 1 aromatic heterocycles. The Labute approximate surface area is 95.3 Å². The van der Waals surface area contributed by atoms with Crippen molar-refractivity contribution < 1.29 is 9.90 Å². The smallest absolute Gasteiger partial charge is 0.323 e. The van der Waals surface area contributed by atoms with E-state index in [1.807, 2.05) is 18.4 Å². The number of hydrogen-bond acceptors (Lipinski definition) is 3. The van der Waals surface area contributed by atoms with Crippen molar-refractivity contribution >= 4 is 5.97 Å². The molecular formula is C11H19N3O2. The van der Waals surface area contributed by atoms with Crippen molar-refractivity contribution in [2.24, 2.45) is 5.73 Å². The van der Waals surface area contributed by atoms with Gasteiger partial charge >= 0.3 is 5.97 Å². The van der Waals surface area contributed by atoms with Gasteiger partial charge in [0.05, 0.1) is 12.0 Å². The normalized spacial score (nSPS) is 14.8. The first-order chi connectivity index (χ1) is 7.34. The molecule has 0 spiro atoms. The number of carbonyl (C=O) groups is 1. The summed E-state index contributed by atoms with van der Waals surface area (Å²) in [6.07, 6.45) is 2.97. The molecular weight excluding hydrogens is 206 g/mol. The van der Waals surface area contributed by atoms with Gasteiger partial charge < -0.3 is 15.4 Å². The number of carboxylic acids is 1. The van der Waals surface area contributed by atoms with Crippen LogP contribution in [-0.4, -0.2) is 26.2 Å². The number of carboxylic acid groups (broad SMARTS) is 1. The van der Waals surface area contributed by atoms with E-state index in [9.17, 15) is 4.79 Å². The highest BCUT2D eigenvalue weighted by molar-refractivity contribution is 5.77. The Bertz CT molecular complexity index is 383. The quantitative estimate of drug-likeness (QED) is 0.785. The van der Waals surface area contributed by atoms with Crippen molar-refractivity contribution in [3.05, 3.63) is 17.7 Å². The number of imidazole rings is 1. The van der Waals surface area contributed by atoms with E-state index in [-0.39, 0.29) is 0 Å². The fraction of sp³-hybridized carbons (Fsp3) is 0.636. The molecule has 0 aliphatic heterocycles. The molecule has 0 bridgehead atoms. The predicted octanol–water partition coefficient (Wildman–Crippen LogP) is 1.08. The van der Waals surface area contributed by atoms with Gasteiger partial charge in [0.25, 0.3) is 0 Å². The van der Waals surface area contributed by atoms with E-state index in [0.717, 1.165) is 24.4 Å². The van der Waals surface area contributed by atoms with Crippen LogP contribution in [0.25, 0.3) is 0 Å². The van der Waals surface area contributed by atoms with Gasteiger partial charge in [0, 0.05) is 12.2 Å². The number of aromatic nitrogens is 2. The largest absolute Gasteiger partial charge is 0.480 e. The zero-order valence-corrected chi connectivity index (χ0v) is 10.0. The highest BCUT2D eigenvalue weighted by Crippen LogP contribution is 2.12. The maximum atomic E-state index is 10.8. The average molecular weight is 225 g/mol. The summed E-state index contributed by atoms with van der Waals surface area (Å²) in [5, 5.41) is 8.85. The van der Waals surface area contributed by atoms with E-state index >= 15 is 0 Å². The Hall–Kier alpha value is -1.36. The van der Waals surface area contributed by atoms with Gasteiger partial charge in [-0.3, -0.25) is 4.79 Å². The zero-order chi connectivity index (χ0) is 12.3. The maximum absolute atomic E-state index is 10.8. The molecule has 16 heavy (non-hydrogen) atoms. The maximum Gasteiger partial charge on any atom is 0.323 e. The van der Waals surface area contributed by atoms with Crippen molar-refractivity contribution in [1.29, 1.82) is 0 Å². The summed E-state index contributed by atoms with van der Waals surface area (Å²) in [6, 6.07) is 0. The molecule has 1 rings (SSSR count). The predicted molar refractivity (Wildman–Crippen MR) is 61.2 cm³/mol. The Morgan fingerprint density at radius 1 is 1.62 bits per heavy atom. The molecule has 0 aromatic carbocycles. The van der Waals surface area contributed by atoms with E-state index in [0.29, 0.717) is 6.42 Å². The van der Waals surface area contributed by atoms with Crippen molar-refractivity contribution in [2.75, 3.05) is 0 Å². The van der Waals surface area contributed by atoms with Gasteiger partial charge in [0.1, 0.15) is 5.54 Å². The number of hydrogen-bond donors (Lipinski definition) is 2. The molecule has 3 N–H and O–H groups in total. The topological polar surface area (TPSA) is 81.1 Å². The molecule has 90 valence electrons. The fourth-order valence-corrected chi connectivity index (χ4v) is 1.49. The summed E-state index contributed by atoms with van der Waals surface area (Å²) in [5.41, 5.74) is 6.63. The molecule has 0 amide bonds. The van der Waals surface area contributed by atoms with Crippen LogP contribution < -0.4 is 5.73 Å². The summed E-state index contributed by atoms with van der Waals surface area (Å²) >= 11 is 0. The van der Waals surface area contributed by atoms with Gasteiger partial charge in [-0.1, -0.05) is 0 Å². The zero-order valence-electron chi connectivity index (χ0n) is 10.0. The van der Waals surface area contributed by atoms with Crippen LogP contribution in [0.2, 0.25) is 0 Å². The van der Waals surface area contributed by atoms with Crippen molar-refractivity contribution in [1.82, 2.24) is 9.55 Å². The standard InChI is InChI=1S/C11H19N3O2/c1-8-9(2)14(7-13-8)6-4-5-11(3,12)10(15)16/h7H,4-6,12H2,1-3H3,(H,15,16). The van der Waals surface area contributed by atoms with Gasteiger partial charge in [-0.25, -0.2) is 4.98 Å². The highest BCUT2D eigenvalue weighted by atomic mass is 16.4. The summed E-state index contributed by atoms with van der Waals surface area (Å²) in [6.45, 7) is 6.26. The minimum Gasteiger partial charge on any atom is -0.480 e. The SMILES string of the molecule is Cc1ncn(CCCC(C)(N)C(=O)O)c1C. The van der Waals surface area contributed by atoms with Gasteiger partial charge in [-0.05, 0) is 33.6 Å². The van der Waals surface area contributed by atoms with Crippen molar-refractivity contribution in [3.8, 4) is 0 Å². The first kappa shape index (κ1) is 12.7. The van der Waals surface area contributed by atoms with Crippen molar-refractivity contribution in [2.45, 2.75) is 45.7 Å². The lowest BCUT2D eigenvalue weighted by atomic mass is 9.97. The molecule has 0 saturated heterocycles. The average Bonchev–Trinajstić information content (AvgIpc) is 2.49. The third-order valence-corrected chi connectivity index (χ3v) is 2.93. The van der Waals surface area contributed by atoms with E-state index in [1.54, 1.807) is 13.3 Å². The lowest BCUT2D eigenvalue weighted by Crippen LogP contribution is -2.44. The Morgan fingerprint density at radius 2 is 2.25 bits per heavy atom. The summed E-state index contributed by atoms with van der Waals surface area (Å²) in [7, 11) is 0. The lowest BCUT2D eigenvalue weighted by molar-refractivity contribution is -0.142. The molecule has 0 fully saturated rings. The van der Waals surface area contributed by atoms with E-state index in [2.05, 4.69) is 4.98 Å². The summed E-state index contributed by atoms with van der Waals surface area (Å²) < 4.78 is 2.02. The molecule has 1 heterocycles. The minimum atomic E-state index is -1.14. The lowest BCUT2D eigenvalue weighted by Gasteiger charge is -2.18. The molecule has 0 saturated carbocycles. The Balaban J connectivity index is 2.48. The van der Waals surface area contributed by atoms with Crippen LogP contribution in [0.1, 0.15) is 31.2 Å². The van der Waals surface area contributed by atoms with E-state index in [1.165, 1.54) is 0 Å². The summed E-state index contributed by atoms with van der Waals surface area (Å²) in [5.74, 6) is -0.953. The number of aryl methyl sites for hydroxylation is 2. The third kappa shape index (κ3) is 2.82. The molecule has 1 unspecified atom stereocenters. The van der Waals surface area contributed by atoms with Gasteiger partial charge in [-0.15, -0.1) is 0 Å². The number of nitrogens with two attached hydrogens (primary N) is 1. The van der Waals surface area contributed by atoms with Crippen LogP contribution in [0.15, 0.2) is 6.33 Å². The fourth-order valence-electron chi connectivity index (χ4n) is 1.49. The Morgan fingerprint density at radius 3 is 2.69 bits per heavy atom. The Kier molecular flexibility index (Phi) is 3.70. The first-order valence-electron chi connectivity index (χ1n) is 5.35. The molecule has 1 atom stereocenters. The van der Waals surface area contributed by atoms with Crippen LogP contribution in [0.4, 0.5) is 0 Å². The van der Waals surface area contributed by atoms with Gasteiger partial charge in [0.2, 0.25) is 0 Å². The molecule has 0 radical (unpaired) electrons. The molecule has 5 heteroatoms. The monoisotopic (exact) mass is 225 g/mol. The second-order valence-electron chi connectivity index (χ2n) is 4.43. The second-order valence-corrected chi connectivity index (χ2v) is 4.43. The third-order valence-electron chi connectivity index (χ3n) is 2.93. The van der Waals surface area contributed by atoms with Crippen LogP contribution in [0.5, 0.6) is 0 Å². The van der Waals surface area contributed by atoms with Crippen LogP contribution in [0, 0.1) is 13.8 Å². The molecule has 0 aliphatic carbocycles. The van der Waals surface area contributed by atoms with E-state index < -0.39 is 11.5 Å². The van der Waals surface area contributed by atoms with Gasteiger partial charge in [0.15, 0.2) is 0 Å². The van der Waals surface area contributed by atoms with Gasteiger partial charge in [-0.2, -0.15) is 0 Å². The minimum absolute atomic E-state index is 0.457. The molecule has 1 aromatic rings. The van der Waals surface area contributed by atoms with Crippen LogP contribution in [0.3, 0.4) is 0 Å². The highest BCUT2D eigenvalue weighted by Gasteiger charge is 2.26. The summed E-state index contributed by atoms with van der Waals surface area (Å²) in [4.78, 5) is 15.0. The number of rotatable bonds is 5. The molecule has 5 nitrogen and oxygen atoms in total. The van der Waals surface area contributed by atoms with Crippen LogP contribution >= 0.6 is 0 Å². The first-order valence-corrected chi connectivity index (χ1v) is 5.35. The van der Waals surface area contributed by atoms with Crippen LogP contribution in [-0.2, 0) is 11.3 Å². The number of nitrogens with zero attached hydrogens (tertiary/aromatic N) is 2. The molecule has 0 aliphatic rings. The second kappa shape index (κ2) is 4.65.